The molecule has 0 spiro atoms. The van der Waals surface area contributed by atoms with Gasteiger partial charge in [-0.15, -0.1) is 0 Å². The zero-order valence-electron chi connectivity index (χ0n) is 12.1. The van der Waals surface area contributed by atoms with Crippen LogP contribution in [0.2, 0.25) is 0 Å². The Hall–Kier alpha value is -0.0900. The summed E-state index contributed by atoms with van der Waals surface area (Å²) in [5, 5.41) is 3.63. The van der Waals surface area contributed by atoms with Crippen molar-refractivity contribution in [1.82, 2.24) is 5.32 Å². The van der Waals surface area contributed by atoms with Gasteiger partial charge in [-0.1, -0.05) is 13.3 Å². The fourth-order valence-corrected chi connectivity index (χ4v) is 6.27. The highest BCUT2D eigenvalue weighted by Gasteiger charge is 2.53. The summed E-state index contributed by atoms with van der Waals surface area (Å²) in [5.41, 5.74) is 0. The standard InChI is InChI=1S/C15H27NO2S/c1-3-19(17,18)9-10(2)16-15-8-11-7-14(15)13-6-4-5-12(11)13/h10-16H,3-9H2,1-2H3. The van der Waals surface area contributed by atoms with Gasteiger partial charge in [0.15, 0.2) is 9.84 Å². The Kier molecular flexibility index (Phi) is 3.67. The van der Waals surface area contributed by atoms with E-state index in [1.165, 1.54) is 32.1 Å². The van der Waals surface area contributed by atoms with Gasteiger partial charge in [0.2, 0.25) is 0 Å². The maximum atomic E-state index is 11.7. The smallest absolute Gasteiger partial charge is 0.151 e. The normalized spacial score (nSPS) is 42.5. The molecule has 6 unspecified atom stereocenters. The van der Waals surface area contributed by atoms with E-state index in [1.54, 1.807) is 6.92 Å². The van der Waals surface area contributed by atoms with Crippen molar-refractivity contribution in [2.24, 2.45) is 23.7 Å². The largest absolute Gasteiger partial charge is 0.310 e. The molecule has 3 aliphatic carbocycles. The molecule has 6 atom stereocenters. The minimum absolute atomic E-state index is 0.106. The Morgan fingerprint density at radius 2 is 1.89 bits per heavy atom. The van der Waals surface area contributed by atoms with E-state index in [2.05, 4.69) is 5.32 Å². The molecule has 3 nitrogen and oxygen atoms in total. The van der Waals surface area contributed by atoms with Crippen LogP contribution in [0.5, 0.6) is 0 Å². The molecule has 0 radical (unpaired) electrons. The maximum absolute atomic E-state index is 11.7. The van der Waals surface area contributed by atoms with Crippen LogP contribution in [-0.4, -0.2) is 32.0 Å². The molecular weight excluding hydrogens is 258 g/mol. The second-order valence-electron chi connectivity index (χ2n) is 7.03. The van der Waals surface area contributed by atoms with E-state index >= 15 is 0 Å². The zero-order valence-corrected chi connectivity index (χ0v) is 13.0. The predicted molar refractivity (Wildman–Crippen MR) is 77.8 cm³/mol. The van der Waals surface area contributed by atoms with Gasteiger partial charge in [-0.25, -0.2) is 8.42 Å². The lowest BCUT2D eigenvalue weighted by atomic mass is 9.79. The van der Waals surface area contributed by atoms with E-state index in [4.69, 9.17) is 0 Å². The molecule has 0 amide bonds. The molecule has 0 heterocycles. The lowest BCUT2D eigenvalue weighted by Crippen LogP contribution is -2.46. The van der Waals surface area contributed by atoms with Crippen LogP contribution in [-0.2, 0) is 9.84 Å². The fraction of sp³-hybridized carbons (Fsp3) is 1.00. The quantitative estimate of drug-likeness (QED) is 0.842. The Morgan fingerprint density at radius 1 is 1.16 bits per heavy atom. The van der Waals surface area contributed by atoms with E-state index in [0.717, 1.165) is 23.7 Å². The average molecular weight is 285 g/mol. The molecular formula is C15H27NO2S. The van der Waals surface area contributed by atoms with Crippen LogP contribution in [0, 0.1) is 23.7 Å². The van der Waals surface area contributed by atoms with Crippen LogP contribution < -0.4 is 5.32 Å². The van der Waals surface area contributed by atoms with E-state index in [-0.39, 0.29) is 11.8 Å². The van der Waals surface area contributed by atoms with Crippen molar-refractivity contribution in [3.8, 4) is 0 Å². The maximum Gasteiger partial charge on any atom is 0.151 e. The molecule has 4 heteroatoms. The Balaban J connectivity index is 1.57. The second-order valence-corrected chi connectivity index (χ2v) is 9.42. The number of hydrogen-bond acceptors (Lipinski definition) is 3. The third-order valence-electron chi connectivity index (χ3n) is 5.87. The van der Waals surface area contributed by atoms with Crippen LogP contribution in [0.15, 0.2) is 0 Å². The van der Waals surface area contributed by atoms with Crippen LogP contribution in [0.1, 0.15) is 46.0 Å². The first-order valence-electron chi connectivity index (χ1n) is 7.96. The van der Waals surface area contributed by atoms with Crippen molar-refractivity contribution < 1.29 is 8.42 Å². The summed E-state index contributed by atoms with van der Waals surface area (Å²) >= 11 is 0. The highest BCUT2D eigenvalue weighted by molar-refractivity contribution is 7.91. The summed E-state index contributed by atoms with van der Waals surface area (Å²) in [5.74, 6) is 4.30. The van der Waals surface area contributed by atoms with Crippen molar-refractivity contribution >= 4 is 9.84 Å². The predicted octanol–water partition coefficient (Wildman–Crippen LogP) is 2.22. The zero-order chi connectivity index (χ0) is 13.6. The number of hydrogen-bond donors (Lipinski definition) is 1. The first-order valence-corrected chi connectivity index (χ1v) is 9.78. The molecule has 0 saturated heterocycles. The second kappa shape index (κ2) is 5.03. The average Bonchev–Trinajstić information content (AvgIpc) is 2.98. The lowest BCUT2D eigenvalue weighted by Gasteiger charge is -2.34. The monoisotopic (exact) mass is 285 g/mol. The summed E-state index contributed by atoms with van der Waals surface area (Å²) in [6.07, 6.45) is 7.00. The molecule has 2 bridgehead atoms. The number of fused-ring (bicyclic) bond motifs is 5. The molecule has 0 aromatic rings. The van der Waals surface area contributed by atoms with Gasteiger partial charge in [0.25, 0.3) is 0 Å². The van der Waals surface area contributed by atoms with Crippen LogP contribution in [0.3, 0.4) is 0 Å². The van der Waals surface area contributed by atoms with Gasteiger partial charge in [0.1, 0.15) is 0 Å². The molecule has 3 rings (SSSR count). The molecule has 3 fully saturated rings. The first-order chi connectivity index (χ1) is 9.00. The van der Waals surface area contributed by atoms with Crippen molar-refractivity contribution in [2.75, 3.05) is 11.5 Å². The van der Waals surface area contributed by atoms with Gasteiger partial charge in [-0.3, -0.25) is 0 Å². The summed E-state index contributed by atoms with van der Waals surface area (Å²) in [6, 6.07) is 0.695. The summed E-state index contributed by atoms with van der Waals surface area (Å²) in [7, 11) is -2.85. The highest BCUT2D eigenvalue weighted by Crippen LogP contribution is 2.58. The van der Waals surface area contributed by atoms with Gasteiger partial charge < -0.3 is 5.32 Å². The number of sulfone groups is 1. The van der Waals surface area contributed by atoms with Gasteiger partial charge in [-0.2, -0.15) is 0 Å². The van der Waals surface area contributed by atoms with Gasteiger partial charge in [0, 0.05) is 17.8 Å². The van der Waals surface area contributed by atoms with Crippen LogP contribution in [0.4, 0.5) is 0 Å². The molecule has 0 aliphatic heterocycles. The van der Waals surface area contributed by atoms with E-state index in [9.17, 15) is 8.42 Å². The Labute approximate surface area is 117 Å². The Bertz CT molecular complexity index is 433. The summed E-state index contributed by atoms with van der Waals surface area (Å²) in [4.78, 5) is 0. The van der Waals surface area contributed by atoms with Gasteiger partial charge in [0.05, 0.1) is 5.75 Å². The van der Waals surface area contributed by atoms with Crippen molar-refractivity contribution in [3.05, 3.63) is 0 Å². The first kappa shape index (κ1) is 13.9. The topological polar surface area (TPSA) is 46.2 Å². The number of nitrogens with one attached hydrogen (secondary N) is 1. The lowest BCUT2D eigenvalue weighted by molar-refractivity contribution is 0.202. The third kappa shape index (κ3) is 2.58. The molecule has 3 saturated carbocycles. The summed E-state index contributed by atoms with van der Waals surface area (Å²) < 4.78 is 23.4. The van der Waals surface area contributed by atoms with Crippen LogP contribution in [0.25, 0.3) is 0 Å². The van der Waals surface area contributed by atoms with Crippen molar-refractivity contribution in [1.29, 1.82) is 0 Å². The highest BCUT2D eigenvalue weighted by atomic mass is 32.2. The van der Waals surface area contributed by atoms with E-state index < -0.39 is 9.84 Å². The molecule has 0 aromatic carbocycles. The SMILES string of the molecule is CCS(=O)(=O)CC(C)NC1CC2CC1C1CCCC21. The van der Waals surface area contributed by atoms with Crippen LogP contribution >= 0.6 is 0 Å². The minimum Gasteiger partial charge on any atom is -0.310 e. The van der Waals surface area contributed by atoms with Gasteiger partial charge in [-0.05, 0) is 56.3 Å². The van der Waals surface area contributed by atoms with Crippen molar-refractivity contribution in [2.45, 2.75) is 58.0 Å². The van der Waals surface area contributed by atoms with Crippen molar-refractivity contribution in [3.63, 3.8) is 0 Å². The molecule has 19 heavy (non-hydrogen) atoms. The molecule has 1 N–H and O–H groups in total. The molecule has 110 valence electrons. The minimum atomic E-state index is -2.85. The van der Waals surface area contributed by atoms with E-state index in [0.29, 0.717) is 11.8 Å². The molecule has 3 aliphatic rings. The third-order valence-corrected chi connectivity index (χ3v) is 7.76. The fourth-order valence-electron chi connectivity index (χ4n) is 5.17. The van der Waals surface area contributed by atoms with Gasteiger partial charge >= 0.3 is 0 Å². The Morgan fingerprint density at radius 3 is 2.63 bits per heavy atom. The van der Waals surface area contributed by atoms with E-state index in [1.807, 2.05) is 6.92 Å². The molecule has 0 aromatic heterocycles. The summed E-state index contributed by atoms with van der Waals surface area (Å²) in [6.45, 7) is 3.77. The number of rotatable bonds is 5.